The first-order valence-corrected chi connectivity index (χ1v) is 7.85. The van der Waals surface area contributed by atoms with Gasteiger partial charge in [-0.25, -0.2) is 4.98 Å². The number of hydrogen-bond donors (Lipinski definition) is 3. The number of carbonyl (C=O) groups excluding carboxylic acids is 1. The fraction of sp³-hybridized carbons (Fsp3) is 0.143. The Labute approximate surface area is 142 Å². The van der Waals surface area contributed by atoms with Crippen LogP contribution in [0.15, 0.2) is 40.4 Å². The molecule has 0 atom stereocenters. The van der Waals surface area contributed by atoms with Crippen molar-refractivity contribution >= 4 is 34.4 Å². The highest BCUT2D eigenvalue weighted by Gasteiger charge is 2.33. The normalized spacial score (nSPS) is 11.6. The summed E-state index contributed by atoms with van der Waals surface area (Å²) in [7, 11) is 0. The monoisotopic (exact) mass is 369 g/mol. The molecule has 0 radical (unpaired) electrons. The molecule has 3 rings (SSSR count). The average molecular weight is 369 g/mol. The molecule has 7 nitrogen and oxygen atoms in total. The van der Waals surface area contributed by atoms with Crippen LogP contribution in [0.5, 0.6) is 0 Å². The summed E-state index contributed by atoms with van der Waals surface area (Å²) in [6.07, 6.45) is -3.26. The van der Waals surface area contributed by atoms with Gasteiger partial charge in [-0.1, -0.05) is 23.9 Å². The van der Waals surface area contributed by atoms with Crippen LogP contribution >= 0.6 is 11.8 Å². The number of carbonyl (C=O) groups is 1. The highest BCUT2D eigenvalue weighted by atomic mass is 32.2. The lowest BCUT2D eigenvalue weighted by Gasteiger charge is -2.13. The maximum Gasteiger partial charge on any atom is 0.418 e. The largest absolute Gasteiger partial charge is 0.418 e. The van der Waals surface area contributed by atoms with Crippen LogP contribution in [0.3, 0.4) is 0 Å². The van der Waals surface area contributed by atoms with E-state index in [0.29, 0.717) is 0 Å². The summed E-state index contributed by atoms with van der Waals surface area (Å²) in [4.78, 5) is 30.2. The number of aromatic amines is 2. The molecule has 0 bridgehead atoms. The highest BCUT2D eigenvalue weighted by molar-refractivity contribution is 7.99. The standard InChI is InChI=1S/C14H10F3N5O2S/c15-14(16,17)8-3-1-2-4-9(8)19-10(23)6-25-13-20-11-7(5-18-22-11)12(24)21-13/h1-5H,6H2,(H,19,23)(H2,18,20,21,22,24). The zero-order valence-electron chi connectivity index (χ0n) is 12.3. The molecule has 3 N–H and O–H groups in total. The number of amides is 1. The second kappa shape index (κ2) is 6.59. The number of para-hydroxylation sites is 1. The number of alkyl halides is 3. The molecule has 130 valence electrons. The fourth-order valence-electron chi connectivity index (χ4n) is 2.05. The third kappa shape index (κ3) is 3.82. The number of hydrogen-bond acceptors (Lipinski definition) is 5. The number of nitrogens with zero attached hydrogens (tertiary/aromatic N) is 2. The molecule has 0 unspecified atom stereocenters. The van der Waals surface area contributed by atoms with E-state index < -0.39 is 23.2 Å². The van der Waals surface area contributed by atoms with E-state index in [1.165, 1.54) is 24.4 Å². The van der Waals surface area contributed by atoms with Crippen LogP contribution < -0.4 is 10.9 Å². The Hall–Kier alpha value is -2.82. The van der Waals surface area contributed by atoms with Crippen molar-refractivity contribution in [3.8, 4) is 0 Å². The Bertz CT molecular complexity index is 982. The van der Waals surface area contributed by atoms with E-state index in [1.54, 1.807) is 0 Å². The zero-order chi connectivity index (χ0) is 18.0. The number of benzene rings is 1. The maximum absolute atomic E-state index is 12.9. The molecule has 1 aromatic carbocycles. The first kappa shape index (κ1) is 17.0. The Balaban J connectivity index is 1.70. The summed E-state index contributed by atoms with van der Waals surface area (Å²) in [6, 6.07) is 4.68. The van der Waals surface area contributed by atoms with Gasteiger partial charge in [-0.15, -0.1) is 0 Å². The van der Waals surface area contributed by atoms with Crippen molar-refractivity contribution in [2.24, 2.45) is 0 Å². The van der Waals surface area contributed by atoms with E-state index in [-0.39, 0.29) is 27.6 Å². The molecule has 0 aliphatic heterocycles. The van der Waals surface area contributed by atoms with Crippen molar-refractivity contribution in [2.45, 2.75) is 11.3 Å². The number of halogens is 3. The number of fused-ring (bicyclic) bond motifs is 1. The number of nitrogens with one attached hydrogen (secondary N) is 3. The van der Waals surface area contributed by atoms with Crippen molar-refractivity contribution < 1.29 is 18.0 Å². The van der Waals surface area contributed by atoms with Gasteiger partial charge in [-0.3, -0.25) is 14.7 Å². The van der Waals surface area contributed by atoms with E-state index in [0.717, 1.165) is 17.8 Å². The van der Waals surface area contributed by atoms with Crippen molar-refractivity contribution in [3.63, 3.8) is 0 Å². The van der Waals surface area contributed by atoms with E-state index in [9.17, 15) is 22.8 Å². The van der Waals surface area contributed by atoms with Crippen molar-refractivity contribution in [1.29, 1.82) is 0 Å². The number of thioether (sulfide) groups is 1. The summed E-state index contributed by atoms with van der Waals surface area (Å²) in [6.45, 7) is 0. The van der Waals surface area contributed by atoms with E-state index in [2.05, 4.69) is 25.5 Å². The van der Waals surface area contributed by atoms with Crippen molar-refractivity contribution in [3.05, 3.63) is 46.4 Å². The van der Waals surface area contributed by atoms with E-state index in [4.69, 9.17) is 0 Å². The maximum atomic E-state index is 12.9. The van der Waals surface area contributed by atoms with Crippen LogP contribution in [0.25, 0.3) is 11.0 Å². The minimum Gasteiger partial charge on any atom is -0.325 e. The SMILES string of the molecule is O=C(CSc1nc2[nH]ncc2c(=O)[nH]1)Nc1ccccc1C(F)(F)F. The number of H-pyrrole nitrogens is 2. The van der Waals surface area contributed by atoms with Gasteiger partial charge in [0.15, 0.2) is 10.8 Å². The van der Waals surface area contributed by atoms with Crippen LogP contribution in [0.1, 0.15) is 5.56 Å². The van der Waals surface area contributed by atoms with E-state index >= 15 is 0 Å². The van der Waals surface area contributed by atoms with Crippen molar-refractivity contribution in [2.75, 3.05) is 11.1 Å². The molecule has 0 aliphatic carbocycles. The lowest BCUT2D eigenvalue weighted by molar-refractivity contribution is -0.137. The van der Waals surface area contributed by atoms with Gasteiger partial charge in [-0.2, -0.15) is 18.3 Å². The molecule has 0 saturated heterocycles. The molecular weight excluding hydrogens is 359 g/mol. The molecule has 3 aromatic rings. The second-order valence-corrected chi connectivity index (χ2v) is 5.85. The summed E-state index contributed by atoms with van der Waals surface area (Å²) in [5.41, 5.74) is -1.43. The first-order chi connectivity index (χ1) is 11.8. The van der Waals surface area contributed by atoms with Gasteiger partial charge in [0.1, 0.15) is 5.39 Å². The van der Waals surface area contributed by atoms with Gasteiger partial charge < -0.3 is 10.3 Å². The molecule has 0 aliphatic rings. The number of aromatic nitrogens is 4. The lowest BCUT2D eigenvalue weighted by atomic mass is 10.1. The van der Waals surface area contributed by atoms with E-state index in [1.807, 2.05) is 0 Å². The van der Waals surface area contributed by atoms with Crippen molar-refractivity contribution in [1.82, 2.24) is 20.2 Å². The zero-order valence-corrected chi connectivity index (χ0v) is 13.2. The van der Waals surface area contributed by atoms with Gasteiger partial charge in [0.05, 0.1) is 23.2 Å². The molecule has 0 spiro atoms. The molecule has 1 amide bonds. The molecule has 0 saturated carbocycles. The highest BCUT2D eigenvalue weighted by Crippen LogP contribution is 2.34. The molecule has 0 fully saturated rings. The third-order valence-corrected chi connectivity index (χ3v) is 4.02. The molecular formula is C14H10F3N5O2S. The predicted molar refractivity (Wildman–Crippen MR) is 85.3 cm³/mol. The average Bonchev–Trinajstić information content (AvgIpc) is 3.01. The van der Waals surface area contributed by atoms with Gasteiger partial charge in [0, 0.05) is 0 Å². The number of anilines is 1. The van der Waals surface area contributed by atoms with Crippen LogP contribution in [-0.2, 0) is 11.0 Å². The first-order valence-electron chi connectivity index (χ1n) is 6.87. The van der Waals surface area contributed by atoms with Gasteiger partial charge in [0.2, 0.25) is 5.91 Å². The summed E-state index contributed by atoms with van der Waals surface area (Å²) in [5, 5.41) is 8.86. The van der Waals surface area contributed by atoms with Gasteiger partial charge in [0.25, 0.3) is 5.56 Å². The van der Waals surface area contributed by atoms with Gasteiger partial charge in [-0.05, 0) is 12.1 Å². The number of rotatable bonds is 4. The minimum absolute atomic E-state index is 0.154. The van der Waals surface area contributed by atoms with Crippen LogP contribution in [0, 0.1) is 0 Å². The molecule has 2 aromatic heterocycles. The van der Waals surface area contributed by atoms with Crippen LogP contribution in [0.4, 0.5) is 18.9 Å². The Kier molecular flexibility index (Phi) is 4.49. The fourth-order valence-corrected chi connectivity index (χ4v) is 2.71. The van der Waals surface area contributed by atoms with Crippen LogP contribution in [-0.4, -0.2) is 31.8 Å². The second-order valence-electron chi connectivity index (χ2n) is 4.88. The molecule has 2 heterocycles. The topological polar surface area (TPSA) is 104 Å². The smallest absolute Gasteiger partial charge is 0.325 e. The van der Waals surface area contributed by atoms with Crippen LogP contribution in [0.2, 0.25) is 0 Å². The summed E-state index contributed by atoms with van der Waals surface area (Å²) >= 11 is 0.886. The minimum atomic E-state index is -4.57. The molecule has 11 heteroatoms. The predicted octanol–water partition coefficient (Wildman–Crippen LogP) is 2.40. The Morgan fingerprint density at radius 1 is 1.28 bits per heavy atom. The summed E-state index contributed by atoms with van der Waals surface area (Å²) in [5.74, 6) is -0.886. The molecule has 25 heavy (non-hydrogen) atoms. The van der Waals surface area contributed by atoms with Gasteiger partial charge >= 0.3 is 6.18 Å². The quantitative estimate of drug-likeness (QED) is 0.484. The Morgan fingerprint density at radius 3 is 2.80 bits per heavy atom. The third-order valence-electron chi connectivity index (χ3n) is 3.14. The lowest BCUT2D eigenvalue weighted by Crippen LogP contribution is -2.18. The Morgan fingerprint density at radius 2 is 2.04 bits per heavy atom. The summed E-state index contributed by atoms with van der Waals surface area (Å²) < 4.78 is 38.7.